The number of amides is 4. The van der Waals surface area contributed by atoms with E-state index in [1.165, 1.54) is 5.56 Å². The van der Waals surface area contributed by atoms with Gasteiger partial charge in [0.2, 0.25) is 5.91 Å². The highest BCUT2D eigenvalue weighted by Crippen LogP contribution is 2.26. The molecule has 2 aromatic heterocycles. The number of unbranched alkanes of at least 4 members (excludes halogenated alkanes) is 2. The van der Waals surface area contributed by atoms with Crippen molar-refractivity contribution in [2.45, 2.75) is 70.8 Å². The average molecular weight is 581 g/mol. The van der Waals surface area contributed by atoms with Crippen molar-refractivity contribution >= 4 is 17.8 Å². The van der Waals surface area contributed by atoms with E-state index in [0.29, 0.717) is 6.42 Å². The molecule has 43 heavy (non-hydrogen) atoms. The normalized spacial score (nSPS) is 12.0. The quantitative estimate of drug-likeness (QED) is 0.197. The van der Waals surface area contributed by atoms with Crippen LogP contribution in [0.2, 0.25) is 0 Å². The molecule has 0 spiro atoms. The maximum absolute atomic E-state index is 12.7. The molecule has 0 aliphatic carbocycles. The van der Waals surface area contributed by atoms with Gasteiger partial charge in [-0.3, -0.25) is 19.9 Å². The van der Waals surface area contributed by atoms with Gasteiger partial charge in [0.25, 0.3) is 5.91 Å². The van der Waals surface area contributed by atoms with Crippen LogP contribution in [0.5, 0.6) is 0 Å². The highest BCUT2D eigenvalue weighted by Gasteiger charge is 2.22. The van der Waals surface area contributed by atoms with Crippen molar-refractivity contribution in [1.29, 1.82) is 0 Å². The van der Waals surface area contributed by atoms with Crippen molar-refractivity contribution in [3.63, 3.8) is 0 Å². The molecule has 4 rings (SSSR count). The molecular weight excluding hydrogens is 540 g/mol. The van der Waals surface area contributed by atoms with Gasteiger partial charge in [0.05, 0.1) is 11.4 Å². The van der Waals surface area contributed by atoms with Crippen LogP contribution >= 0.6 is 0 Å². The third-order valence-corrected chi connectivity index (χ3v) is 7.21. The Morgan fingerprint density at radius 3 is 2.26 bits per heavy atom. The van der Waals surface area contributed by atoms with E-state index in [4.69, 9.17) is 10.8 Å². The number of pyridine rings is 1. The molecule has 0 fully saturated rings. The molecule has 2 aromatic carbocycles. The molecule has 0 saturated carbocycles. The Hall–Kier alpha value is -4.79. The predicted octanol–water partition coefficient (Wildman–Crippen LogP) is 5.26. The SMILES string of the molecule is CC(C)(C)c1ccc(-n2nc(-c3ccccn3)cc2CCCCCC(=O)N[C@@H](Cc2ccccc2)C(=O)NC(N)=O)cc1. The first-order valence-electron chi connectivity index (χ1n) is 14.6. The van der Waals surface area contributed by atoms with E-state index in [1.54, 1.807) is 6.20 Å². The number of aryl methyl sites for hydroxylation is 1. The number of urea groups is 1. The van der Waals surface area contributed by atoms with E-state index in [1.807, 2.05) is 53.2 Å². The van der Waals surface area contributed by atoms with E-state index < -0.39 is 18.0 Å². The van der Waals surface area contributed by atoms with Gasteiger partial charge in [-0.05, 0) is 66.1 Å². The Bertz CT molecular complexity index is 1510. The first-order valence-corrected chi connectivity index (χ1v) is 14.6. The van der Waals surface area contributed by atoms with Crippen molar-refractivity contribution in [1.82, 2.24) is 25.4 Å². The zero-order chi connectivity index (χ0) is 30.8. The monoisotopic (exact) mass is 580 g/mol. The van der Waals surface area contributed by atoms with Crippen molar-refractivity contribution in [3.8, 4) is 17.1 Å². The van der Waals surface area contributed by atoms with Crippen LogP contribution < -0.4 is 16.4 Å². The molecule has 0 saturated heterocycles. The average Bonchev–Trinajstić information content (AvgIpc) is 3.41. The summed E-state index contributed by atoms with van der Waals surface area (Å²) in [4.78, 5) is 41.0. The molecule has 0 bridgehead atoms. The van der Waals surface area contributed by atoms with Crippen LogP contribution in [0.15, 0.2) is 85.1 Å². The number of carbonyl (C=O) groups is 3. The van der Waals surface area contributed by atoms with Gasteiger partial charge < -0.3 is 11.1 Å². The van der Waals surface area contributed by atoms with Crippen LogP contribution in [-0.4, -0.2) is 38.7 Å². The minimum absolute atomic E-state index is 0.0596. The molecule has 9 nitrogen and oxygen atoms in total. The van der Waals surface area contributed by atoms with E-state index in [2.05, 4.69) is 66.7 Å². The van der Waals surface area contributed by atoms with E-state index in [-0.39, 0.29) is 24.2 Å². The van der Waals surface area contributed by atoms with Crippen LogP contribution in [0.25, 0.3) is 17.1 Å². The number of imide groups is 1. The number of nitrogens with one attached hydrogen (secondary N) is 2. The van der Waals surface area contributed by atoms with Crippen LogP contribution in [0.3, 0.4) is 0 Å². The van der Waals surface area contributed by atoms with Gasteiger partial charge in [-0.1, -0.05) is 75.7 Å². The first-order chi connectivity index (χ1) is 20.6. The highest BCUT2D eigenvalue weighted by atomic mass is 16.2. The van der Waals surface area contributed by atoms with E-state index >= 15 is 0 Å². The first kappa shape index (κ1) is 31.2. The van der Waals surface area contributed by atoms with Crippen LogP contribution in [-0.2, 0) is 27.8 Å². The number of primary amides is 1. The van der Waals surface area contributed by atoms with Gasteiger partial charge in [0.15, 0.2) is 0 Å². The summed E-state index contributed by atoms with van der Waals surface area (Å²) in [5, 5.41) is 9.74. The Balaban J connectivity index is 1.36. The Kier molecular flexibility index (Phi) is 10.4. The lowest BCUT2D eigenvalue weighted by Crippen LogP contribution is -2.50. The molecule has 9 heteroatoms. The van der Waals surface area contributed by atoms with Crippen molar-refractivity contribution in [2.75, 3.05) is 0 Å². The number of hydrogen-bond acceptors (Lipinski definition) is 5. The largest absolute Gasteiger partial charge is 0.351 e. The van der Waals surface area contributed by atoms with E-state index in [9.17, 15) is 14.4 Å². The predicted molar refractivity (Wildman–Crippen MR) is 167 cm³/mol. The maximum Gasteiger partial charge on any atom is 0.318 e. The van der Waals surface area contributed by atoms with Gasteiger partial charge in [-0.25, -0.2) is 9.48 Å². The summed E-state index contributed by atoms with van der Waals surface area (Å²) in [5.41, 5.74) is 11.0. The summed E-state index contributed by atoms with van der Waals surface area (Å²) in [5.74, 6) is -0.876. The second-order valence-electron chi connectivity index (χ2n) is 11.7. The van der Waals surface area contributed by atoms with Gasteiger partial charge in [0.1, 0.15) is 11.7 Å². The van der Waals surface area contributed by atoms with E-state index in [0.717, 1.165) is 47.6 Å². The number of hydrogen-bond donors (Lipinski definition) is 3. The molecule has 2 heterocycles. The van der Waals surface area contributed by atoms with Gasteiger partial charge in [-0.15, -0.1) is 0 Å². The summed E-state index contributed by atoms with van der Waals surface area (Å²) in [6.45, 7) is 6.58. The number of aromatic nitrogens is 3. The molecule has 0 radical (unpaired) electrons. The molecule has 4 N–H and O–H groups in total. The zero-order valence-corrected chi connectivity index (χ0v) is 25.0. The molecule has 0 unspecified atom stereocenters. The topological polar surface area (TPSA) is 132 Å². The molecule has 4 amide bonds. The minimum atomic E-state index is -0.951. The minimum Gasteiger partial charge on any atom is -0.351 e. The van der Waals surface area contributed by atoms with Gasteiger partial charge in [-0.2, -0.15) is 5.10 Å². The molecule has 0 aliphatic heterocycles. The Morgan fingerprint density at radius 2 is 1.60 bits per heavy atom. The lowest BCUT2D eigenvalue weighted by molar-refractivity contribution is -0.128. The third-order valence-electron chi connectivity index (χ3n) is 7.21. The van der Waals surface area contributed by atoms with Crippen LogP contribution in [0, 0.1) is 0 Å². The van der Waals surface area contributed by atoms with Gasteiger partial charge in [0, 0.05) is 24.7 Å². The summed E-state index contributed by atoms with van der Waals surface area (Å²) in [7, 11) is 0. The molecular formula is C34H40N6O3. The third kappa shape index (κ3) is 9.10. The molecule has 4 aromatic rings. The summed E-state index contributed by atoms with van der Waals surface area (Å²) >= 11 is 0. The lowest BCUT2D eigenvalue weighted by atomic mass is 9.87. The fourth-order valence-electron chi connectivity index (χ4n) is 4.87. The fraction of sp³-hybridized carbons (Fsp3) is 0.324. The number of benzene rings is 2. The summed E-state index contributed by atoms with van der Waals surface area (Å²) < 4.78 is 1.98. The van der Waals surface area contributed by atoms with Crippen LogP contribution in [0.1, 0.15) is 63.3 Å². The van der Waals surface area contributed by atoms with Crippen molar-refractivity contribution < 1.29 is 14.4 Å². The van der Waals surface area contributed by atoms with Gasteiger partial charge >= 0.3 is 6.03 Å². The summed E-state index contributed by atoms with van der Waals surface area (Å²) in [6, 6.07) is 23.8. The van der Waals surface area contributed by atoms with Crippen molar-refractivity contribution in [2.24, 2.45) is 5.73 Å². The van der Waals surface area contributed by atoms with Crippen LogP contribution in [0.4, 0.5) is 4.79 Å². The standard InChI is InChI=1S/C34H40N6O3/c1-34(2,3)25-17-19-26(20-18-25)40-27(23-29(39-40)28-15-10-11-21-36-28)14-8-5-9-16-31(41)37-30(32(42)38-33(35)43)22-24-12-6-4-7-13-24/h4,6-7,10-13,15,17-21,23,30H,5,8-9,14,16,22H2,1-3H3,(H,37,41)(H3,35,38,42,43)/t30-/m0/s1. The Labute approximate surface area is 252 Å². The van der Waals surface area contributed by atoms with Crippen molar-refractivity contribution in [3.05, 3.63) is 102 Å². The zero-order valence-electron chi connectivity index (χ0n) is 25.0. The molecule has 1 atom stereocenters. The molecule has 224 valence electrons. The second kappa shape index (κ2) is 14.4. The molecule has 0 aliphatic rings. The number of rotatable bonds is 12. The number of nitrogens with two attached hydrogens (primary N) is 1. The maximum atomic E-state index is 12.7. The Morgan fingerprint density at radius 1 is 0.884 bits per heavy atom. The lowest BCUT2D eigenvalue weighted by Gasteiger charge is -2.19. The number of carbonyl (C=O) groups excluding carboxylic acids is 3. The number of nitrogens with zero attached hydrogens (tertiary/aromatic N) is 3. The fourth-order valence-corrected chi connectivity index (χ4v) is 4.87. The second-order valence-corrected chi connectivity index (χ2v) is 11.7. The summed E-state index contributed by atoms with van der Waals surface area (Å²) in [6.07, 6.45) is 5.39. The highest BCUT2D eigenvalue weighted by molar-refractivity contribution is 5.98. The smallest absolute Gasteiger partial charge is 0.318 e.